The smallest absolute Gasteiger partial charge is 0.244 e. The molecule has 7 heteroatoms. The molecular weight excluding hydrogens is 306 g/mol. The molecule has 1 aliphatic heterocycles. The highest BCUT2D eigenvalue weighted by Gasteiger charge is 2.37. The number of nitrogens with zero attached hydrogens (tertiary/aromatic N) is 5. The van der Waals surface area contributed by atoms with Gasteiger partial charge in [0.15, 0.2) is 5.82 Å². The Morgan fingerprint density at radius 2 is 2.08 bits per heavy atom. The van der Waals surface area contributed by atoms with Gasteiger partial charge in [-0.1, -0.05) is 19.0 Å². The molecule has 1 aliphatic rings. The number of hydrogen-bond donors (Lipinski definition) is 0. The van der Waals surface area contributed by atoms with Crippen molar-refractivity contribution in [3.63, 3.8) is 0 Å². The third-order valence-electron chi connectivity index (χ3n) is 4.92. The summed E-state index contributed by atoms with van der Waals surface area (Å²) in [4.78, 5) is 6.83. The Morgan fingerprint density at radius 3 is 2.67 bits per heavy atom. The number of aryl methyl sites for hydroxylation is 3. The minimum absolute atomic E-state index is 0.103. The Morgan fingerprint density at radius 1 is 1.29 bits per heavy atom. The molecule has 0 N–H and O–H groups in total. The second-order valence-electron chi connectivity index (χ2n) is 6.42. The van der Waals surface area contributed by atoms with E-state index in [2.05, 4.69) is 28.9 Å². The van der Waals surface area contributed by atoms with E-state index in [0.29, 0.717) is 11.7 Å². The predicted molar refractivity (Wildman–Crippen MR) is 89.6 cm³/mol. The van der Waals surface area contributed by atoms with Crippen molar-refractivity contribution in [3.05, 3.63) is 28.7 Å². The van der Waals surface area contributed by atoms with Crippen molar-refractivity contribution in [2.24, 2.45) is 7.05 Å². The number of likely N-dealkylation sites (tertiary alicyclic amines) is 1. The summed E-state index contributed by atoms with van der Waals surface area (Å²) in [6.45, 7) is 7.90. The van der Waals surface area contributed by atoms with Crippen molar-refractivity contribution in [3.8, 4) is 0 Å². The van der Waals surface area contributed by atoms with Crippen LogP contribution in [0.3, 0.4) is 0 Å². The highest BCUT2D eigenvalue weighted by Crippen LogP contribution is 2.34. The first kappa shape index (κ1) is 17.1. The molecule has 1 saturated heterocycles. The second kappa shape index (κ2) is 7.03. The third-order valence-corrected chi connectivity index (χ3v) is 4.92. The molecule has 0 aromatic carbocycles. The molecule has 7 nitrogen and oxygen atoms in total. The van der Waals surface area contributed by atoms with E-state index < -0.39 is 0 Å². The van der Waals surface area contributed by atoms with Crippen LogP contribution in [0, 0.1) is 6.92 Å². The molecule has 2 aromatic heterocycles. The van der Waals surface area contributed by atoms with Crippen LogP contribution in [-0.4, -0.2) is 44.6 Å². The van der Waals surface area contributed by atoms with Crippen LogP contribution in [0.25, 0.3) is 0 Å². The fourth-order valence-corrected chi connectivity index (χ4v) is 3.69. The maximum Gasteiger partial charge on any atom is 0.244 e. The number of methoxy groups -OCH3 is 1. The van der Waals surface area contributed by atoms with Crippen LogP contribution in [0.1, 0.15) is 55.0 Å². The van der Waals surface area contributed by atoms with E-state index in [0.717, 1.165) is 32.4 Å². The molecular formula is C17H27N5O2. The maximum atomic E-state index is 5.60. The van der Waals surface area contributed by atoms with E-state index in [9.17, 15) is 0 Å². The molecule has 24 heavy (non-hydrogen) atoms. The molecule has 0 saturated carbocycles. The van der Waals surface area contributed by atoms with E-state index in [1.54, 1.807) is 7.11 Å². The van der Waals surface area contributed by atoms with Gasteiger partial charge in [0.25, 0.3) is 0 Å². The summed E-state index contributed by atoms with van der Waals surface area (Å²) in [6, 6.07) is 0.103. The average Bonchev–Trinajstić information content (AvgIpc) is 3.25. The summed E-state index contributed by atoms with van der Waals surface area (Å²) >= 11 is 0. The van der Waals surface area contributed by atoms with Crippen LogP contribution in [0.15, 0.2) is 4.52 Å². The average molecular weight is 333 g/mol. The number of hydrogen-bond acceptors (Lipinski definition) is 6. The van der Waals surface area contributed by atoms with Gasteiger partial charge in [-0.3, -0.25) is 9.58 Å². The molecule has 2 atom stereocenters. The lowest BCUT2D eigenvalue weighted by atomic mass is 10.1. The van der Waals surface area contributed by atoms with Gasteiger partial charge >= 0.3 is 0 Å². The van der Waals surface area contributed by atoms with Gasteiger partial charge < -0.3 is 9.26 Å². The summed E-state index contributed by atoms with van der Waals surface area (Å²) in [7, 11) is 3.80. The molecule has 0 amide bonds. The quantitative estimate of drug-likeness (QED) is 0.807. The molecule has 0 spiro atoms. The Labute approximate surface area is 143 Å². The minimum atomic E-state index is 0.103. The molecule has 0 aliphatic carbocycles. The number of rotatable bonds is 6. The molecule has 2 aromatic rings. The standard InChI is InChI=1S/C17H27N5O2/c1-6-14-13(15(7-2)21(4)19-14)10-22-9-12(23-5)8-16(22)17-18-11(3)20-24-17/h12,16H,6-10H2,1-5H3/t12-,16-/m1/s1. The minimum Gasteiger partial charge on any atom is -0.380 e. The summed E-state index contributed by atoms with van der Waals surface area (Å²) in [5, 5.41) is 8.65. The fraction of sp³-hybridized carbons (Fsp3) is 0.706. The van der Waals surface area contributed by atoms with Crippen molar-refractivity contribution in [1.29, 1.82) is 0 Å². The van der Waals surface area contributed by atoms with Crippen LogP contribution in [0.5, 0.6) is 0 Å². The van der Waals surface area contributed by atoms with Gasteiger partial charge in [-0.25, -0.2) is 0 Å². The van der Waals surface area contributed by atoms with Crippen LogP contribution in [0.2, 0.25) is 0 Å². The van der Waals surface area contributed by atoms with Gasteiger partial charge in [-0.2, -0.15) is 10.1 Å². The first-order valence-corrected chi connectivity index (χ1v) is 8.67. The second-order valence-corrected chi connectivity index (χ2v) is 6.42. The summed E-state index contributed by atoms with van der Waals surface area (Å²) in [6.07, 6.45) is 2.98. The highest BCUT2D eigenvalue weighted by atomic mass is 16.5. The van der Waals surface area contributed by atoms with Crippen LogP contribution < -0.4 is 0 Å². The Kier molecular flexibility index (Phi) is 5.01. The molecule has 1 fully saturated rings. The Bertz CT molecular complexity index is 693. The summed E-state index contributed by atoms with van der Waals surface area (Å²) in [5.41, 5.74) is 3.81. The van der Waals surface area contributed by atoms with Crippen LogP contribution in [-0.2, 0) is 31.2 Å². The lowest BCUT2D eigenvalue weighted by molar-refractivity contribution is 0.107. The summed E-state index contributed by atoms with van der Waals surface area (Å²) < 4.78 is 13.1. The predicted octanol–water partition coefficient (Wildman–Crippen LogP) is 2.20. The van der Waals surface area contributed by atoms with Gasteiger partial charge in [0.2, 0.25) is 5.89 Å². The maximum absolute atomic E-state index is 5.60. The lowest BCUT2D eigenvalue weighted by Gasteiger charge is -2.22. The monoisotopic (exact) mass is 333 g/mol. The van der Waals surface area contributed by atoms with E-state index >= 15 is 0 Å². The van der Waals surface area contributed by atoms with Gasteiger partial charge in [0, 0.05) is 38.5 Å². The van der Waals surface area contributed by atoms with Gasteiger partial charge in [0.05, 0.1) is 17.8 Å². The highest BCUT2D eigenvalue weighted by molar-refractivity contribution is 5.27. The van der Waals surface area contributed by atoms with E-state index in [-0.39, 0.29) is 12.1 Å². The Balaban J connectivity index is 1.89. The molecule has 3 rings (SSSR count). The first-order valence-electron chi connectivity index (χ1n) is 8.67. The zero-order valence-electron chi connectivity index (χ0n) is 15.2. The van der Waals surface area contributed by atoms with E-state index in [1.807, 2.05) is 18.7 Å². The number of ether oxygens (including phenoxy) is 1. The van der Waals surface area contributed by atoms with E-state index in [4.69, 9.17) is 14.4 Å². The molecule has 0 bridgehead atoms. The topological polar surface area (TPSA) is 69.2 Å². The van der Waals surface area contributed by atoms with Gasteiger partial charge in [-0.15, -0.1) is 0 Å². The molecule has 132 valence electrons. The number of aromatic nitrogens is 4. The fourth-order valence-electron chi connectivity index (χ4n) is 3.69. The van der Waals surface area contributed by atoms with Crippen molar-refractivity contribution in [1.82, 2.24) is 24.8 Å². The zero-order valence-corrected chi connectivity index (χ0v) is 15.2. The normalized spacial score (nSPS) is 21.7. The van der Waals surface area contributed by atoms with E-state index in [1.165, 1.54) is 17.0 Å². The van der Waals surface area contributed by atoms with Crippen LogP contribution >= 0.6 is 0 Å². The molecule has 0 unspecified atom stereocenters. The first-order chi connectivity index (χ1) is 11.6. The van der Waals surface area contributed by atoms with Crippen molar-refractivity contribution >= 4 is 0 Å². The third kappa shape index (κ3) is 3.10. The van der Waals surface area contributed by atoms with Crippen molar-refractivity contribution in [2.45, 2.75) is 58.7 Å². The SMILES string of the molecule is CCc1nn(C)c(CC)c1CN1C[C@H](OC)C[C@@H]1c1nc(C)no1. The molecule has 0 radical (unpaired) electrons. The zero-order chi connectivity index (χ0) is 17.3. The molecule has 3 heterocycles. The summed E-state index contributed by atoms with van der Waals surface area (Å²) in [5.74, 6) is 1.36. The van der Waals surface area contributed by atoms with Crippen LogP contribution in [0.4, 0.5) is 0 Å². The van der Waals surface area contributed by atoms with Crippen molar-refractivity contribution < 1.29 is 9.26 Å². The Hall–Kier alpha value is -1.73. The van der Waals surface area contributed by atoms with Gasteiger partial charge in [-0.05, 0) is 26.2 Å². The lowest BCUT2D eigenvalue weighted by Crippen LogP contribution is -2.26. The van der Waals surface area contributed by atoms with Crippen molar-refractivity contribution in [2.75, 3.05) is 13.7 Å². The van der Waals surface area contributed by atoms with Gasteiger partial charge in [0.1, 0.15) is 0 Å². The largest absolute Gasteiger partial charge is 0.380 e.